The number of hydrogen-bond donors (Lipinski definition) is 0. The second-order valence-corrected chi connectivity index (χ2v) is 8.14. The molecule has 1 atom stereocenters. The molecular weight excluding hydrogens is 382 g/mol. The van der Waals surface area contributed by atoms with E-state index in [2.05, 4.69) is 34.0 Å². The molecule has 154 valence electrons. The van der Waals surface area contributed by atoms with Gasteiger partial charge in [0.05, 0.1) is 12.6 Å². The van der Waals surface area contributed by atoms with E-state index in [9.17, 15) is 5.26 Å². The Balaban J connectivity index is 1.62. The Bertz CT molecular complexity index is 1090. The highest BCUT2D eigenvalue weighted by Gasteiger charge is 2.34. The molecule has 0 spiro atoms. The van der Waals surface area contributed by atoms with Crippen LogP contribution in [0.4, 0.5) is 5.69 Å². The maximum absolute atomic E-state index is 9.42. The van der Waals surface area contributed by atoms with Crippen molar-refractivity contribution in [1.29, 1.82) is 5.26 Å². The van der Waals surface area contributed by atoms with Crippen molar-refractivity contribution in [2.24, 2.45) is 0 Å². The van der Waals surface area contributed by atoms with Crippen LogP contribution >= 0.6 is 0 Å². The molecular formula is C27H25N3O. The van der Waals surface area contributed by atoms with Crippen LogP contribution in [0.5, 0.6) is 0 Å². The second-order valence-electron chi connectivity index (χ2n) is 8.14. The molecule has 1 fully saturated rings. The summed E-state index contributed by atoms with van der Waals surface area (Å²) in [5.74, 6) is 0.646. The number of anilines is 1. The molecule has 2 aromatic carbocycles. The van der Waals surface area contributed by atoms with Gasteiger partial charge in [-0.25, -0.2) is 10.1 Å². The highest BCUT2D eigenvalue weighted by atomic mass is 16.5. The molecule has 2 aliphatic rings. The molecule has 4 heteroatoms. The monoisotopic (exact) mass is 407 g/mol. The first-order chi connectivity index (χ1) is 15.1. The van der Waals surface area contributed by atoms with Crippen molar-refractivity contribution in [1.82, 2.24) is 0 Å². The molecule has 4 rings (SSSR count). The third-order valence-electron chi connectivity index (χ3n) is 5.90. The Morgan fingerprint density at radius 1 is 1.10 bits per heavy atom. The zero-order valence-electron chi connectivity index (χ0n) is 17.7. The number of benzene rings is 2. The first kappa shape index (κ1) is 20.5. The highest BCUT2D eigenvalue weighted by molar-refractivity contribution is 5.58. The van der Waals surface area contributed by atoms with Gasteiger partial charge in [-0.1, -0.05) is 48.5 Å². The third kappa shape index (κ3) is 4.55. The molecule has 31 heavy (non-hydrogen) atoms. The lowest BCUT2D eigenvalue weighted by Gasteiger charge is -2.36. The molecule has 0 aliphatic carbocycles. The predicted octanol–water partition coefficient (Wildman–Crippen LogP) is 6.22. The lowest BCUT2D eigenvalue weighted by Crippen LogP contribution is -2.29. The van der Waals surface area contributed by atoms with E-state index in [1.807, 2.05) is 61.6 Å². The molecule has 4 nitrogen and oxygen atoms in total. The summed E-state index contributed by atoms with van der Waals surface area (Å²) in [4.78, 5) is 5.84. The molecule has 2 aliphatic heterocycles. The first-order valence-electron chi connectivity index (χ1n) is 10.6. The van der Waals surface area contributed by atoms with Crippen LogP contribution in [0.3, 0.4) is 0 Å². The van der Waals surface area contributed by atoms with Gasteiger partial charge in [-0.15, -0.1) is 0 Å². The number of nitriles is 1. The van der Waals surface area contributed by atoms with Crippen LogP contribution in [0.25, 0.3) is 10.9 Å². The molecule has 0 N–H and O–H groups in total. The van der Waals surface area contributed by atoms with Gasteiger partial charge in [0.1, 0.15) is 11.4 Å². The van der Waals surface area contributed by atoms with Crippen molar-refractivity contribution in [3.63, 3.8) is 0 Å². The van der Waals surface area contributed by atoms with Crippen molar-refractivity contribution < 1.29 is 4.74 Å². The Morgan fingerprint density at radius 2 is 1.81 bits per heavy atom. The predicted molar refractivity (Wildman–Crippen MR) is 124 cm³/mol. The summed E-state index contributed by atoms with van der Waals surface area (Å²) >= 11 is 0. The van der Waals surface area contributed by atoms with Crippen LogP contribution in [-0.4, -0.2) is 13.1 Å². The zero-order valence-corrected chi connectivity index (χ0v) is 17.7. The minimum absolute atomic E-state index is 0.117. The van der Waals surface area contributed by atoms with Gasteiger partial charge < -0.3 is 9.64 Å². The summed E-state index contributed by atoms with van der Waals surface area (Å²) in [5, 5.41) is 9.42. The Morgan fingerprint density at radius 3 is 2.45 bits per heavy atom. The second kappa shape index (κ2) is 8.94. The fraction of sp³-hybridized carbons (Fsp3) is 0.259. The standard InChI is InChI=1S/C27H25N3O/c1-27(23-8-4-3-5-9-23)19-22(26(20-28)29-2)18-25(31-27)15-12-21-10-13-24(14-11-21)30-16-6-7-17-30/h3-5,8-15,18H,6-7,16-17,19H2,1H3. The van der Waals surface area contributed by atoms with E-state index in [0.29, 0.717) is 17.8 Å². The number of ether oxygens (including phenoxy) is 1. The van der Waals surface area contributed by atoms with Gasteiger partial charge in [0.15, 0.2) is 0 Å². The van der Waals surface area contributed by atoms with Gasteiger partial charge in [-0.05, 0) is 60.8 Å². The van der Waals surface area contributed by atoms with Crippen LogP contribution in [0, 0.1) is 17.9 Å². The molecule has 2 aromatic rings. The Kier molecular flexibility index (Phi) is 5.92. The van der Waals surface area contributed by atoms with E-state index in [1.165, 1.54) is 18.5 Å². The van der Waals surface area contributed by atoms with E-state index in [0.717, 1.165) is 24.2 Å². The maximum Gasteiger partial charge on any atom is 0.265 e. The fourth-order valence-electron chi connectivity index (χ4n) is 4.22. The molecule has 0 bridgehead atoms. The lowest BCUT2D eigenvalue weighted by molar-refractivity contribution is 0.0143. The number of allylic oxidation sites excluding steroid dienone is 3. The smallest absolute Gasteiger partial charge is 0.265 e. The molecule has 0 aromatic heterocycles. The van der Waals surface area contributed by atoms with E-state index >= 15 is 0 Å². The van der Waals surface area contributed by atoms with Crippen molar-refractivity contribution in [2.45, 2.75) is 31.8 Å². The normalized spacial score (nSPS) is 22.4. The maximum atomic E-state index is 9.42. The third-order valence-corrected chi connectivity index (χ3v) is 5.90. The number of rotatable bonds is 4. The van der Waals surface area contributed by atoms with Gasteiger partial charge in [-0.2, -0.15) is 0 Å². The molecule has 0 saturated carbocycles. The first-order valence-corrected chi connectivity index (χ1v) is 10.6. The van der Waals surface area contributed by atoms with Gasteiger partial charge in [0, 0.05) is 25.2 Å². The molecule has 2 heterocycles. The zero-order chi connectivity index (χ0) is 21.7. The van der Waals surface area contributed by atoms with Gasteiger partial charge >= 0.3 is 0 Å². The fourth-order valence-corrected chi connectivity index (χ4v) is 4.22. The summed E-state index contributed by atoms with van der Waals surface area (Å²) in [7, 11) is 0. The van der Waals surface area contributed by atoms with Gasteiger partial charge in [0.25, 0.3) is 5.70 Å². The average Bonchev–Trinajstić information content (AvgIpc) is 3.34. The summed E-state index contributed by atoms with van der Waals surface area (Å²) < 4.78 is 6.38. The highest BCUT2D eigenvalue weighted by Crippen LogP contribution is 2.40. The van der Waals surface area contributed by atoms with Crippen molar-refractivity contribution in [2.75, 3.05) is 18.0 Å². The van der Waals surface area contributed by atoms with Crippen molar-refractivity contribution in [3.8, 4) is 6.07 Å². The van der Waals surface area contributed by atoms with Crippen molar-refractivity contribution in [3.05, 3.63) is 106 Å². The van der Waals surface area contributed by atoms with Gasteiger partial charge in [0.2, 0.25) is 0 Å². The molecule has 0 radical (unpaired) electrons. The summed E-state index contributed by atoms with van der Waals surface area (Å²) in [6.45, 7) is 11.6. The largest absolute Gasteiger partial charge is 0.483 e. The van der Waals surface area contributed by atoms with E-state index in [1.54, 1.807) is 0 Å². The molecule has 0 amide bonds. The van der Waals surface area contributed by atoms with Crippen molar-refractivity contribution >= 4 is 11.8 Å². The van der Waals surface area contributed by atoms with Gasteiger partial charge in [-0.3, -0.25) is 0 Å². The minimum atomic E-state index is -0.641. The minimum Gasteiger partial charge on any atom is -0.483 e. The molecule has 1 saturated heterocycles. The average molecular weight is 408 g/mol. The molecule has 1 unspecified atom stereocenters. The quantitative estimate of drug-likeness (QED) is 0.446. The summed E-state index contributed by atoms with van der Waals surface area (Å²) in [5.41, 5.74) is 3.54. The van der Waals surface area contributed by atoms with E-state index in [4.69, 9.17) is 11.3 Å². The van der Waals surface area contributed by atoms with Crippen LogP contribution in [0.1, 0.15) is 37.3 Å². The topological polar surface area (TPSA) is 40.6 Å². The number of hydrogen-bond acceptors (Lipinski definition) is 3. The van der Waals surface area contributed by atoms with Crippen LogP contribution < -0.4 is 4.90 Å². The SMILES string of the molecule is [C-]#[N+]C(C#N)=C1C=C(C=Cc2ccc(N3CCCC3)cc2)OC(C)(c2ccccc2)C1. The van der Waals surface area contributed by atoms with Crippen LogP contribution in [0.2, 0.25) is 0 Å². The Hall–Kier alpha value is -3.76. The Labute approximate surface area is 184 Å². The number of nitrogens with zero attached hydrogens (tertiary/aromatic N) is 3. The summed E-state index contributed by atoms with van der Waals surface area (Å²) in [6, 6.07) is 20.5. The van der Waals surface area contributed by atoms with E-state index < -0.39 is 5.60 Å². The van der Waals surface area contributed by atoms with Crippen LogP contribution in [0.15, 0.2) is 83.8 Å². The van der Waals surface area contributed by atoms with E-state index in [-0.39, 0.29) is 5.70 Å². The summed E-state index contributed by atoms with van der Waals surface area (Å²) in [6.07, 6.45) is 8.75. The lowest BCUT2D eigenvalue weighted by atomic mass is 9.85. The van der Waals surface area contributed by atoms with Crippen LogP contribution in [-0.2, 0) is 10.3 Å².